The van der Waals surface area contributed by atoms with E-state index < -0.39 is 0 Å². The van der Waals surface area contributed by atoms with Gasteiger partial charge in [0.1, 0.15) is 0 Å². The second-order valence-corrected chi connectivity index (χ2v) is 6.47. The number of amides is 1. The van der Waals surface area contributed by atoms with E-state index >= 15 is 0 Å². The van der Waals surface area contributed by atoms with Gasteiger partial charge in [0.2, 0.25) is 5.91 Å². The molecule has 1 N–H and O–H groups in total. The molecule has 0 atom stereocenters. The van der Waals surface area contributed by atoms with Crippen LogP contribution in [0.4, 0.5) is 0 Å². The van der Waals surface area contributed by atoms with Crippen LogP contribution in [0.1, 0.15) is 29.5 Å². The van der Waals surface area contributed by atoms with Crippen molar-refractivity contribution in [2.75, 3.05) is 0 Å². The second kappa shape index (κ2) is 9.35. The van der Waals surface area contributed by atoms with Gasteiger partial charge >= 0.3 is 0 Å². The van der Waals surface area contributed by atoms with Crippen molar-refractivity contribution in [2.24, 2.45) is 0 Å². The second-order valence-electron chi connectivity index (χ2n) is 6.47. The molecule has 134 valence electrons. The van der Waals surface area contributed by atoms with Crippen molar-refractivity contribution in [2.45, 2.75) is 25.8 Å². The number of nitrogens with zero attached hydrogens (tertiary/aromatic N) is 1. The third-order valence-corrected chi connectivity index (χ3v) is 4.51. The van der Waals surface area contributed by atoms with Gasteiger partial charge in [0.25, 0.3) is 0 Å². The van der Waals surface area contributed by atoms with Crippen LogP contribution in [0.2, 0.25) is 0 Å². The summed E-state index contributed by atoms with van der Waals surface area (Å²) >= 11 is 0. The Kier molecular flexibility index (Phi) is 6.38. The first kappa shape index (κ1) is 18.4. The van der Waals surface area contributed by atoms with Gasteiger partial charge in [0.15, 0.2) is 0 Å². The third kappa shape index (κ3) is 5.29. The molecular formula is C24H22N2O. The van der Waals surface area contributed by atoms with E-state index in [9.17, 15) is 10.1 Å². The molecule has 0 unspecified atom stereocenters. The first-order valence-electron chi connectivity index (χ1n) is 9.15. The molecule has 3 heteroatoms. The Morgan fingerprint density at radius 2 is 1.56 bits per heavy atom. The van der Waals surface area contributed by atoms with E-state index in [-0.39, 0.29) is 5.91 Å². The number of hydrogen-bond donors (Lipinski definition) is 1. The summed E-state index contributed by atoms with van der Waals surface area (Å²) in [6.45, 7) is 0.518. The van der Waals surface area contributed by atoms with Crippen LogP contribution >= 0.6 is 0 Å². The molecule has 0 aromatic heterocycles. The normalized spacial score (nSPS) is 10.2. The highest BCUT2D eigenvalue weighted by molar-refractivity contribution is 5.76. The molecule has 0 aliphatic rings. The summed E-state index contributed by atoms with van der Waals surface area (Å²) in [5.74, 6) is 0.0739. The molecule has 3 aromatic carbocycles. The van der Waals surface area contributed by atoms with E-state index in [0.717, 1.165) is 29.5 Å². The summed E-state index contributed by atoms with van der Waals surface area (Å²) < 4.78 is 0. The minimum atomic E-state index is 0.0739. The van der Waals surface area contributed by atoms with Crippen LogP contribution in [0.25, 0.3) is 11.1 Å². The van der Waals surface area contributed by atoms with Crippen molar-refractivity contribution < 1.29 is 4.79 Å². The average Bonchev–Trinajstić information content (AvgIpc) is 2.73. The van der Waals surface area contributed by atoms with Gasteiger partial charge in [-0.25, -0.2) is 0 Å². The van der Waals surface area contributed by atoms with Gasteiger partial charge in [-0.1, -0.05) is 72.8 Å². The van der Waals surface area contributed by atoms with Crippen LogP contribution in [-0.4, -0.2) is 5.91 Å². The van der Waals surface area contributed by atoms with Crippen molar-refractivity contribution in [3.63, 3.8) is 0 Å². The molecule has 3 aromatic rings. The lowest BCUT2D eigenvalue weighted by atomic mass is 9.99. The Bertz CT molecular complexity index is 925. The Hall–Kier alpha value is -3.38. The van der Waals surface area contributed by atoms with Crippen LogP contribution in [0.3, 0.4) is 0 Å². The molecule has 0 heterocycles. The highest BCUT2D eigenvalue weighted by Crippen LogP contribution is 2.23. The lowest BCUT2D eigenvalue weighted by molar-refractivity contribution is -0.121. The van der Waals surface area contributed by atoms with Crippen LogP contribution in [0.15, 0.2) is 78.9 Å². The number of benzene rings is 3. The molecule has 0 aliphatic carbocycles. The highest BCUT2D eigenvalue weighted by atomic mass is 16.1. The van der Waals surface area contributed by atoms with Crippen molar-refractivity contribution in [3.8, 4) is 17.2 Å². The summed E-state index contributed by atoms with van der Waals surface area (Å²) in [5, 5.41) is 12.2. The largest absolute Gasteiger partial charge is 0.352 e. The zero-order valence-corrected chi connectivity index (χ0v) is 15.2. The zero-order valence-electron chi connectivity index (χ0n) is 15.2. The van der Waals surface area contributed by atoms with Crippen molar-refractivity contribution in [3.05, 3.63) is 95.6 Å². The van der Waals surface area contributed by atoms with E-state index in [2.05, 4.69) is 23.5 Å². The quantitative estimate of drug-likeness (QED) is 0.658. The molecule has 0 saturated carbocycles. The summed E-state index contributed by atoms with van der Waals surface area (Å²) in [4.78, 5) is 12.0. The van der Waals surface area contributed by atoms with E-state index in [1.165, 1.54) is 5.56 Å². The molecule has 3 rings (SSSR count). The number of rotatable bonds is 7. The fourth-order valence-electron chi connectivity index (χ4n) is 3.02. The third-order valence-electron chi connectivity index (χ3n) is 4.51. The number of carbonyl (C=O) groups excluding carboxylic acids is 1. The maximum Gasteiger partial charge on any atom is 0.220 e. The standard InChI is InChI=1S/C24H22N2O/c25-17-22-10-4-5-11-23(22)21-15-13-20(14-16-21)18-26-24(27)12-6-9-19-7-2-1-3-8-19/h1-5,7-8,10-11,13-16H,6,9,12,18H2,(H,26,27). The van der Waals surface area contributed by atoms with Crippen molar-refractivity contribution in [1.82, 2.24) is 5.32 Å². The van der Waals surface area contributed by atoms with Gasteiger partial charge in [-0.2, -0.15) is 5.26 Å². The molecular weight excluding hydrogens is 332 g/mol. The molecule has 0 bridgehead atoms. The zero-order chi connectivity index (χ0) is 18.9. The molecule has 0 saturated heterocycles. The lowest BCUT2D eigenvalue weighted by Crippen LogP contribution is -2.22. The van der Waals surface area contributed by atoms with Crippen LogP contribution in [0, 0.1) is 11.3 Å². The van der Waals surface area contributed by atoms with E-state index in [0.29, 0.717) is 18.5 Å². The molecule has 27 heavy (non-hydrogen) atoms. The first-order valence-corrected chi connectivity index (χ1v) is 9.15. The van der Waals surface area contributed by atoms with Crippen LogP contribution < -0.4 is 5.32 Å². The molecule has 0 aliphatic heterocycles. The van der Waals surface area contributed by atoms with E-state index in [1.54, 1.807) is 0 Å². The van der Waals surface area contributed by atoms with Crippen molar-refractivity contribution in [1.29, 1.82) is 5.26 Å². The lowest BCUT2D eigenvalue weighted by Gasteiger charge is -2.08. The van der Waals surface area contributed by atoms with Crippen LogP contribution in [-0.2, 0) is 17.8 Å². The SMILES string of the molecule is N#Cc1ccccc1-c1ccc(CNC(=O)CCCc2ccccc2)cc1. The van der Waals surface area contributed by atoms with Gasteiger partial charge in [-0.15, -0.1) is 0 Å². The van der Waals surface area contributed by atoms with Gasteiger partial charge in [-0.05, 0) is 41.2 Å². The predicted octanol–water partition coefficient (Wildman–Crippen LogP) is 4.86. The fraction of sp³-hybridized carbons (Fsp3) is 0.167. The predicted molar refractivity (Wildman–Crippen MR) is 108 cm³/mol. The number of nitrogens with one attached hydrogen (secondary N) is 1. The number of aryl methyl sites for hydroxylation is 1. The van der Waals surface area contributed by atoms with E-state index in [1.807, 2.05) is 66.7 Å². The van der Waals surface area contributed by atoms with Gasteiger partial charge in [-0.3, -0.25) is 4.79 Å². The van der Waals surface area contributed by atoms with Gasteiger partial charge < -0.3 is 5.32 Å². The fourth-order valence-corrected chi connectivity index (χ4v) is 3.02. The summed E-state index contributed by atoms with van der Waals surface area (Å²) in [6, 6.07) is 28.0. The molecule has 0 spiro atoms. The molecule has 1 amide bonds. The monoisotopic (exact) mass is 354 g/mol. The highest BCUT2D eigenvalue weighted by Gasteiger charge is 2.05. The topological polar surface area (TPSA) is 52.9 Å². The molecule has 0 fully saturated rings. The van der Waals surface area contributed by atoms with Gasteiger partial charge in [0, 0.05) is 13.0 Å². The van der Waals surface area contributed by atoms with Crippen LogP contribution in [0.5, 0.6) is 0 Å². The minimum absolute atomic E-state index is 0.0739. The molecule has 3 nitrogen and oxygen atoms in total. The maximum atomic E-state index is 12.0. The Balaban J connectivity index is 1.48. The summed E-state index contributed by atoms with van der Waals surface area (Å²) in [6.07, 6.45) is 2.30. The smallest absolute Gasteiger partial charge is 0.220 e. The molecule has 0 radical (unpaired) electrons. The first-order chi connectivity index (χ1) is 13.3. The average molecular weight is 354 g/mol. The van der Waals surface area contributed by atoms with Gasteiger partial charge in [0.05, 0.1) is 11.6 Å². The number of hydrogen-bond acceptors (Lipinski definition) is 2. The summed E-state index contributed by atoms with van der Waals surface area (Å²) in [5.41, 5.74) is 4.90. The number of nitriles is 1. The Morgan fingerprint density at radius 3 is 2.30 bits per heavy atom. The minimum Gasteiger partial charge on any atom is -0.352 e. The Morgan fingerprint density at radius 1 is 0.852 bits per heavy atom. The van der Waals surface area contributed by atoms with E-state index in [4.69, 9.17) is 0 Å². The Labute approximate surface area is 160 Å². The maximum absolute atomic E-state index is 12.0. The number of carbonyl (C=O) groups is 1. The summed E-state index contributed by atoms with van der Waals surface area (Å²) in [7, 11) is 0. The van der Waals surface area contributed by atoms with Crippen molar-refractivity contribution >= 4 is 5.91 Å².